The van der Waals surface area contributed by atoms with Gasteiger partial charge in [-0.3, -0.25) is 0 Å². The molecule has 1 nitrogen and oxygen atoms in total. The van der Waals surface area contributed by atoms with Crippen molar-refractivity contribution in [2.24, 2.45) is 0 Å². The molecule has 0 spiro atoms. The fourth-order valence-corrected chi connectivity index (χ4v) is 3.21. The molecule has 1 heterocycles. The van der Waals surface area contributed by atoms with Gasteiger partial charge in [0.2, 0.25) is 0 Å². The van der Waals surface area contributed by atoms with Crippen LogP contribution < -0.4 is 0 Å². The van der Waals surface area contributed by atoms with Crippen LogP contribution in [0.5, 0.6) is 0 Å². The Morgan fingerprint density at radius 2 is 1.67 bits per heavy atom. The van der Waals surface area contributed by atoms with E-state index in [1.165, 1.54) is 15.6 Å². The molecule has 0 aliphatic rings. The highest BCUT2D eigenvalue weighted by Gasteiger charge is 2.13. The molecule has 18 heavy (non-hydrogen) atoms. The highest BCUT2D eigenvalue weighted by atomic mass is 32.1. The molecule has 0 saturated heterocycles. The summed E-state index contributed by atoms with van der Waals surface area (Å²) in [5.41, 5.74) is 2.21. The lowest BCUT2D eigenvalue weighted by Gasteiger charge is -2.09. The lowest BCUT2D eigenvalue weighted by atomic mass is 10.0. The first-order valence-electron chi connectivity index (χ1n) is 6.03. The number of hydrogen-bond acceptors (Lipinski definition) is 2. The Morgan fingerprint density at radius 3 is 2.50 bits per heavy atom. The Labute approximate surface area is 110 Å². The van der Waals surface area contributed by atoms with Crippen molar-refractivity contribution in [3.8, 4) is 0 Å². The Balaban J connectivity index is 1.90. The van der Waals surface area contributed by atoms with Crippen molar-refractivity contribution in [1.29, 1.82) is 0 Å². The molecule has 0 aliphatic carbocycles. The van der Waals surface area contributed by atoms with Gasteiger partial charge in [-0.1, -0.05) is 48.5 Å². The molecule has 0 bridgehead atoms. The second-order valence-corrected chi connectivity index (χ2v) is 5.30. The summed E-state index contributed by atoms with van der Waals surface area (Å²) in [6.07, 6.45) is 0.241. The van der Waals surface area contributed by atoms with Crippen molar-refractivity contribution in [3.63, 3.8) is 0 Å². The van der Waals surface area contributed by atoms with E-state index in [2.05, 4.69) is 29.6 Å². The van der Waals surface area contributed by atoms with Crippen molar-refractivity contribution < 1.29 is 5.11 Å². The normalized spacial score (nSPS) is 12.7. The molecular formula is C16H14OS. The average molecular weight is 254 g/mol. The first-order chi connectivity index (χ1) is 8.84. The Hall–Kier alpha value is -1.64. The van der Waals surface area contributed by atoms with E-state index in [1.54, 1.807) is 11.3 Å². The van der Waals surface area contributed by atoms with Crippen LogP contribution in [0.15, 0.2) is 60.0 Å². The number of rotatable bonds is 3. The van der Waals surface area contributed by atoms with Crippen molar-refractivity contribution in [2.75, 3.05) is 0 Å². The van der Waals surface area contributed by atoms with Gasteiger partial charge in [0, 0.05) is 11.1 Å². The number of thiophene rings is 1. The molecule has 1 aromatic heterocycles. The largest absolute Gasteiger partial charge is 0.388 e. The van der Waals surface area contributed by atoms with E-state index in [9.17, 15) is 5.11 Å². The standard InChI is InChI=1S/C16H14OS/c17-15(10-12-6-2-1-3-7-12)14-11-18-16-9-5-4-8-13(14)16/h1-9,11,15,17H,10H2. The molecule has 0 amide bonds. The monoisotopic (exact) mass is 254 g/mol. The van der Waals surface area contributed by atoms with E-state index in [0.29, 0.717) is 6.42 Å². The van der Waals surface area contributed by atoms with Crippen LogP contribution in [0.25, 0.3) is 10.1 Å². The maximum atomic E-state index is 10.4. The first kappa shape index (κ1) is 11.5. The summed E-state index contributed by atoms with van der Waals surface area (Å²) in [7, 11) is 0. The molecule has 1 unspecified atom stereocenters. The van der Waals surface area contributed by atoms with E-state index in [0.717, 1.165) is 5.56 Å². The van der Waals surface area contributed by atoms with E-state index in [1.807, 2.05) is 30.3 Å². The third kappa shape index (κ3) is 2.17. The lowest BCUT2D eigenvalue weighted by molar-refractivity contribution is 0.180. The van der Waals surface area contributed by atoms with Crippen molar-refractivity contribution in [2.45, 2.75) is 12.5 Å². The number of fused-ring (bicyclic) bond motifs is 1. The summed E-state index contributed by atoms with van der Waals surface area (Å²) in [5.74, 6) is 0. The van der Waals surface area contributed by atoms with Gasteiger partial charge in [0.25, 0.3) is 0 Å². The summed E-state index contributed by atoms with van der Waals surface area (Å²) >= 11 is 1.69. The quantitative estimate of drug-likeness (QED) is 0.743. The van der Waals surface area contributed by atoms with Gasteiger partial charge in [0.1, 0.15) is 0 Å². The van der Waals surface area contributed by atoms with Crippen LogP contribution in [0, 0.1) is 0 Å². The molecule has 1 N–H and O–H groups in total. The summed E-state index contributed by atoms with van der Waals surface area (Å²) in [6.45, 7) is 0. The van der Waals surface area contributed by atoms with Crippen LogP contribution in [0.1, 0.15) is 17.2 Å². The Morgan fingerprint density at radius 1 is 0.944 bits per heavy atom. The summed E-state index contributed by atoms with van der Waals surface area (Å²) in [6, 6.07) is 18.3. The van der Waals surface area contributed by atoms with Crippen molar-refractivity contribution in [1.82, 2.24) is 0 Å². The van der Waals surface area contributed by atoms with Crippen LogP contribution in [-0.2, 0) is 6.42 Å². The average Bonchev–Trinajstić information content (AvgIpc) is 2.84. The van der Waals surface area contributed by atoms with Crippen LogP contribution >= 0.6 is 11.3 Å². The molecule has 2 aromatic carbocycles. The molecule has 0 fully saturated rings. The predicted octanol–water partition coefficient (Wildman–Crippen LogP) is 4.18. The Bertz CT molecular complexity index is 642. The molecule has 1 atom stereocenters. The van der Waals surface area contributed by atoms with Gasteiger partial charge in [0.05, 0.1) is 6.10 Å². The van der Waals surface area contributed by atoms with Crippen molar-refractivity contribution in [3.05, 3.63) is 71.1 Å². The van der Waals surface area contributed by atoms with Crippen LogP contribution in [0.3, 0.4) is 0 Å². The summed E-state index contributed by atoms with van der Waals surface area (Å²) in [4.78, 5) is 0. The van der Waals surface area contributed by atoms with E-state index < -0.39 is 6.10 Å². The predicted molar refractivity (Wildman–Crippen MR) is 76.9 cm³/mol. The van der Waals surface area contributed by atoms with E-state index >= 15 is 0 Å². The molecule has 2 heteroatoms. The molecule has 0 radical (unpaired) electrons. The zero-order chi connectivity index (χ0) is 12.4. The zero-order valence-corrected chi connectivity index (χ0v) is 10.7. The van der Waals surface area contributed by atoms with Gasteiger partial charge in [-0.15, -0.1) is 11.3 Å². The topological polar surface area (TPSA) is 20.2 Å². The summed E-state index contributed by atoms with van der Waals surface area (Å²) in [5, 5.41) is 13.6. The zero-order valence-electron chi connectivity index (χ0n) is 9.91. The van der Waals surface area contributed by atoms with E-state index in [-0.39, 0.29) is 0 Å². The molecule has 3 aromatic rings. The van der Waals surface area contributed by atoms with Crippen molar-refractivity contribution >= 4 is 21.4 Å². The second-order valence-electron chi connectivity index (χ2n) is 4.39. The fraction of sp³-hybridized carbons (Fsp3) is 0.125. The third-order valence-electron chi connectivity index (χ3n) is 3.14. The molecule has 0 saturated carbocycles. The second kappa shape index (κ2) is 4.92. The number of benzene rings is 2. The van der Waals surface area contributed by atoms with Gasteiger partial charge in [0.15, 0.2) is 0 Å². The minimum atomic E-state index is -0.427. The van der Waals surface area contributed by atoms with E-state index in [4.69, 9.17) is 0 Å². The van der Waals surface area contributed by atoms with Gasteiger partial charge in [-0.25, -0.2) is 0 Å². The maximum Gasteiger partial charge on any atom is 0.0844 e. The fourth-order valence-electron chi connectivity index (χ4n) is 2.20. The SMILES string of the molecule is OC(Cc1ccccc1)c1csc2ccccc12. The lowest BCUT2D eigenvalue weighted by Crippen LogP contribution is -2.00. The first-order valence-corrected chi connectivity index (χ1v) is 6.90. The number of aliphatic hydroxyl groups excluding tert-OH is 1. The molecule has 90 valence electrons. The molecule has 3 rings (SSSR count). The van der Waals surface area contributed by atoms with Crippen LogP contribution in [0.2, 0.25) is 0 Å². The minimum absolute atomic E-state index is 0.427. The van der Waals surface area contributed by atoms with Gasteiger partial charge in [-0.05, 0) is 28.0 Å². The van der Waals surface area contributed by atoms with Gasteiger partial charge < -0.3 is 5.11 Å². The molecular weight excluding hydrogens is 240 g/mol. The summed E-state index contributed by atoms with van der Waals surface area (Å²) < 4.78 is 1.24. The minimum Gasteiger partial charge on any atom is -0.388 e. The highest BCUT2D eigenvalue weighted by Crippen LogP contribution is 2.31. The number of aliphatic hydroxyl groups is 1. The van der Waals surface area contributed by atoms with Gasteiger partial charge in [-0.2, -0.15) is 0 Å². The van der Waals surface area contributed by atoms with Crippen LogP contribution in [0.4, 0.5) is 0 Å². The molecule has 0 aliphatic heterocycles. The third-order valence-corrected chi connectivity index (χ3v) is 4.12. The Kier molecular flexibility index (Phi) is 3.13. The maximum absolute atomic E-state index is 10.4. The smallest absolute Gasteiger partial charge is 0.0844 e. The highest BCUT2D eigenvalue weighted by molar-refractivity contribution is 7.17. The van der Waals surface area contributed by atoms with Gasteiger partial charge >= 0.3 is 0 Å². The van der Waals surface area contributed by atoms with Crippen LogP contribution in [-0.4, -0.2) is 5.11 Å². The number of hydrogen-bond donors (Lipinski definition) is 1.